The van der Waals surface area contributed by atoms with Gasteiger partial charge < -0.3 is 9.80 Å². The SMILES string of the molecule is CC(C)=CN1CCN(C(=O)CCCC(=O)C(C)C)CC1. The molecule has 1 saturated heterocycles. The lowest BCUT2D eigenvalue weighted by Crippen LogP contribution is -2.46. The molecule has 0 aromatic rings. The second-order valence-electron chi connectivity index (χ2n) is 6.10. The van der Waals surface area contributed by atoms with Crippen molar-refractivity contribution in [3.63, 3.8) is 0 Å². The van der Waals surface area contributed by atoms with Crippen molar-refractivity contribution in [1.29, 1.82) is 0 Å². The largest absolute Gasteiger partial charge is 0.374 e. The molecule has 4 heteroatoms. The molecule has 0 saturated carbocycles. The van der Waals surface area contributed by atoms with E-state index in [1.165, 1.54) is 5.57 Å². The number of Topliss-reactive ketones (excluding diaryl/α,β-unsaturated/α-hetero) is 1. The Balaban J connectivity index is 2.26. The molecule has 0 aliphatic carbocycles. The van der Waals surface area contributed by atoms with Crippen molar-refractivity contribution in [2.75, 3.05) is 26.2 Å². The molecule has 1 amide bonds. The topological polar surface area (TPSA) is 40.6 Å². The molecule has 0 N–H and O–H groups in total. The summed E-state index contributed by atoms with van der Waals surface area (Å²) in [6.45, 7) is 11.4. The van der Waals surface area contributed by atoms with Crippen LogP contribution in [0.25, 0.3) is 0 Å². The fraction of sp³-hybridized carbons (Fsp3) is 0.750. The first-order valence-electron chi connectivity index (χ1n) is 7.59. The van der Waals surface area contributed by atoms with E-state index in [1.807, 2.05) is 18.7 Å². The van der Waals surface area contributed by atoms with Gasteiger partial charge in [0.2, 0.25) is 5.91 Å². The molecule has 1 fully saturated rings. The first-order valence-corrected chi connectivity index (χ1v) is 7.59. The summed E-state index contributed by atoms with van der Waals surface area (Å²) in [4.78, 5) is 27.8. The summed E-state index contributed by atoms with van der Waals surface area (Å²) in [5.41, 5.74) is 1.29. The molecule has 1 aliphatic heterocycles. The number of allylic oxidation sites excluding steroid dienone is 1. The summed E-state index contributed by atoms with van der Waals surface area (Å²) in [5.74, 6) is 0.530. The second kappa shape index (κ2) is 8.08. The van der Waals surface area contributed by atoms with Crippen molar-refractivity contribution >= 4 is 11.7 Å². The number of piperazine rings is 1. The van der Waals surface area contributed by atoms with Crippen LogP contribution in [-0.2, 0) is 9.59 Å². The number of ketones is 1. The molecule has 0 atom stereocenters. The molecule has 0 aromatic carbocycles. The number of nitrogens with zero attached hydrogens (tertiary/aromatic N) is 2. The van der Waals surface area contributed by atoms with Crippen LogP contribution in [0.3, 0.4) is 0 Å². The van der Waals surface area contributed by atoms with E-state index in [-0.39, 0.29) is 17.6 Å². The molecule has 0 radical (unpaired) electrons. The van der Waals surface area contributed by atoms with Crippen molar-refractivity contribution in [1.82, 2.24) is 9.80 Å². The predicted octanol–water partition coefficient (Wildman–Crippen LogP) is 2.45. The van der Waals surface area contributed by atoms with Crippen molar-refractivity contribution in [2.45, 2.75) is 47.0 Å². The molecule has 1 heterocycles. The smallest absolute Gasteiger partial charge is 0.222 e. The Bertz CT molecular complexity index is 363. The highest BCUT2D eigenvalue weighted by Gasteiger charge is 2.19. The van der Waals surface area contributed by atoms with E-state index in [0.29, 0.717) is 19.3 Å². The van der Waals surface area contributed by atoms with E-state index in [0.717, 1.165) is 26.2 Å². The maximum atomic E-state index is 12.1. The highest BCUT2D eigenvalue weighted by atomic mass is 16.2. The van der Waals surface area contributed by atoms with Gasteiger partial charge in [0, 0.05) is 44.9 Å². The van der Waals surface area contributed by atoms with Crippen LogP contribution in [0.5, 0.6) is 0 Å². The lowest BCUT2D eigenvalue weighted by molar-refractivity contribution is -0.132. The molecule has 0 unspecified atom stereocenters. The summed E-state index contributed by atoms with van der Waals surface area (Å²) < 4.78 is 0. The number of rotatable bonds is 6. The molecular weight excluding hydrogens is 252 g/mol. The number of hydrogen-bond donors (Lipinski definition) is 0. The van der Waals surface area contributed by atoms with Crippen LogP contribution < -0.4 is 0 Å². The van der Waals surface area contributed by atoms with Gasteiger partial charge >= 0.3 is 0 Å². The van der Waals surface area contributed by atoms with E-state index in [2.05, 4.69) is 24.9 Å². The molecule has 0 aromatic heterocycles. The van der Waals surface area contributed by atoms with Crippen LogP contribution >= 0.6 is 0 Å². The first kappa shape index (κ1) is 16.7. The predicted molar refractivity (Wildman–Crippen MR) is 81.3 cm³/mol. The summed E-state index contributed by atoms with van der Waals surface area (Å²) in [5, 5.41) is 0. The van der Waals surface area contributed by atoms with Crippen LogP contribution in [-0.4, -0.2) is 47.7 Å². The lowest BCUT2D eigenvalue weighted by Gasteiger charge is -2.34. The van der Waals surface area contributed by atoms with Crippen molar-refractivity contribution in [3.05, 3.63) is 11.8 Å². The Morgan fingerprint density at radius 1 is 1.05 bits per heavy atom. The number of hydrogen-bond acceptors (Lipinski definition) is 3. The maximum Gasteiger partial charge on any atom is 0.222 e. The summed E-state index contributed by atoms with van der Waals surface area (Å²) >= 11 is 0. The molecule has 0 spiro atoms. The average Bonchev–Trinajstić information content (AvgIpc) is 2.38. The molecule has 4 nitrogen and oxygen atoms in total. The van der Waals surface area contributed by atoms with Crippen molar-refractivity contribution in [3.8, 4) is 0 Å². The van der Waals surface area contributed by atoms with Crippen LogP contribution in [0.4, 0.5) is 0 Å². The standard InChI is InChI=1S/C16H28N2O2/c1-13(2)12-17-8-10-18(11-9-17)16(20)7-5-6-15(19)14(3)4/h12,14H,5-11H2,1-4H3. The Kier molecular flexibility index (Phi) is 6.76. The maximum absolute atomic E-state index is 12.1. The van der Waals surface area contributed by atoms with Crippen LogP contribution in [0.15, 0.2) is 11.8 Å². The first-order chi connectivity index (χ1) is 9.40. The van der Waals surface area contributed by atoms with Gasteiger partial charge in [0.1, 0.15) is 5.78 Å². The minimum atomic E-state index is 0.0812. The summed E-state index contributed by atoms with van der Waals surface area (Å²) in [6, 6.07) is 0. The Labute approximate surface area is 122 Å². The van der Waals surface area contributed by atoms with Crippen LogP contribution in [0.1, 0.15) is 47.0 Å². The molecule has 0 bridgehead atoms. The van der Waals surface area contributed by atoms with Crippen LogP contribution in [0.2, 0.25) is 0 Å². The third kappa shape index (κ3) is 5.76. The van der Waals surface area contributed by atoms with E-state index >= 15 is 0 Å². The quantitative estimate of drug-likeness (QED) is 0.750. The number of amides is 1. The zero-order valence-electron chi connectivity index (χ0n) is 13.3. The van der Waals surface area contributed by atoms with E-state index in [4.69, 9.17) is 0 Å². The van der Waals surface area contributed by atoms with Gasteiger partial charge in [0.05, 0.1) is 0 Å². The van der Waals surface area contributed by atoms with E-state index < -0.39 is 0 Å². The van der Waals surface area contributed by atoms with E-state index in [1.54, 1.807) is 0 Å². The second-order valence-corrected chi connectivity index (χ2v) is 6.10. The monoisotopic (exact) mass is 280 g/mol. The van der Waals surface area contributed by atoms with Gasteiger partial charge in [-0.05, 0) is 26.5 Å². The number of carbonyl (C=O) groups is 2. The van der Waals surface area contributed by atoms with Gasteiger partial charge in [-0.2, -0.15) is 0 Å². The van der Waals surface area contributed by atoms with Gasteiger partial charge in [0.25, 0.3) is 0 Å². The highest BCUT2D eigenvalue weighted by molar-refractivity contribution is 5.81. The lowest BCUT2D eigenvalue weighted by atomic mass is 10.0. The van der Waals surface area contributed by atoms with Gasteiger partial charge in [-0.3, -0.25) is 9.59 Å². The number of carbonyl (C=O) groups excluding carboxylic acids is 2. The van der Waals surface area contributed by atoms with Crippen molar-refractivity contribution in [2.24, 2.45) is 5.92 Å². The summed E-state index contributed by atoms with van der Waals surface area (Å²) in [6.07, 6.45) is 3.87. The van der Waals surface area contributed by atoms with Crippen molar-refractivity contribution < 1.29 is 9.59 Å². The molecule has 1 aliphatic rings. The fourth-order valence-electron chi connectivity index (χ4n) is 2.33. The van der Waals surface area contributed by atoms with Gasteiger partial charge in [-0.1, -0.05) is 19.4 Å². The Morgan fingerprint density at radius 2 is 1.65 bits per heavy atom. The average molecular weight is 280 g/mol. The molecule has 1 rings (SSSR count). The van der Waals surface area contributed by atoms with Crippen LogP contribution in [0, 0.1) is 5.92 Å². The van der Waals surface area contributed by atoms with E-state index in [9.17, 15) is 9.59 Å². The van der Waals surface area contributed by atoms with Gasteiger partial charge in [0.15, 0.2) is 0 Å². The fourth-order valence-corrected chi connectivity index (χ4v) is 2.33. The zero-order chi connectivity index (χ0) is 15.1. The van der Waals surface area contributed by atoms with Gasteiger partial charge in [-0.25, -0.2) is 0 Å². The van der Waals surface area contributed by atoms with Gasteiger partial charge in [-0.15, -0.1) is 0 Å². The highest BCUT2D eigenvalue weighted by Crippen LogP contribution is 2.09. The Morgan fingerprint density at radius 3 is 2.15 bits per heavy atom. The minimum absolute atomic E-state index is 0.0812. The third-order valence-electron chi connectivity index (χ3n) is 3.57. The molecule has 20 heavy (non-hydrogen) atoms. The minimum Gasteiger partial charge on any atom is -0.374 e. The molecular formula is C16H28N2O2. The Hall–Kier alpha value is -1.32. The normalized spacial score (nSPS) is 15.4. The zero-order valence-corrected chi connectivity index (χ0v) is 13.3. The molecule has 114 valence electrons. The summed E-state index contributed by atoms with van der Waals surface area (Å²) in [7, 11) is 0. The third-order valence-corrected chi connectivity index (χ3v) is 3.57.